The van der Waals surface area contributed by atoms with Crippen molar-refractivity contribution in [1.82, 2.24) is 0 Å². The molecule has 1 aromatic carbocycles. The van der Waals surface area contributed by atoms with Gasteiger partial charge in [0.2, 0.25) is 0 Å². The maximum absolute atomic E-state index is 7.41. The summed E-state index contributed by atoms with van der Waals surface area (Å²) < 4.78 is -1.48. The predicted molar refractivity (Wildman–Crippen MR) is 168 cm³/mol. The Bertz CT molecular complexity index is 1310. The molecule has 6 rings (SSSR count). The molecule has 0 aliphatic heterocycles. The Morgan fingerprint density at radius 1 is 0.513 bits per heavy atom. The van der Waals surface area contributed by atoms with Gasteiger partial charge in [-0.15, -0.1) is 34.8 Å². The summed E-state index contributed by atoms with van der Waals surface area (Å²) in [7, 11) is 2.92. The van der Waals surface area contributed by atoms with Crippen LogP contribution in [0, 0.1) is 17.8 Å². The summed E-state index contributed by atoms with van der Waals surface area (Å²) in [5.74, 6) is -4.15. The first-order valence-corrected chi connectivity index (χ1v) is 16.7. The Morgan fingerprint density at radius 3 is 1.41 bits per heavy atom. The normalized spacial score (nSPS) is 47.4. The molecule has 0 aromatic heterocycles. The average Bonchev–Trinajstić information content (AvgIpc) is 3.17. The lowest BCUT2D eigenvalue weighted by Crippen LogP contribution is -2.67. The number of benzene rings is 1. The van der Waals surface area contributed by atoms with Gasteiger partial charge in [0.05, 0.1) is 14.2 Å². The second-order valence-electron chi connectivity index (χ2n) is 10.6. The van der Waals surface area contributed by atoms with Gasteiger partial charge in [-0.2, -0.15) is 0 Å². The topological polar surface area (TPSA) is 18.5 Å². The molecule has 0 saturated heterocycles. The number of halogens is 15. The average molecular weight is 841 g/mol. The highest BCUT2D eigenvalue weighted by Gasteiger charge is 3.00. The van der Waals surface area contributed by atoms with Crippen LogP contribution in [0.25, 0.3) is 0 Å². The predicted octanol–water partition coefficient (Wildman–Crippen LogP) is 10.8. The van der Waals surface area contributed by atoms with Crippen molar-refractivity contribution >= 4 is 174 Å². The Morgan fingerprint density at radius 2 is 0.949 bits per heavy atom. The molecule has 4 bridgehead atoms. The van der Waals surface area contributed by atoms with Crippen LogP contribution in [-0.2, 0) is 0 Å². The zero-order valence-electron chi connectivity index (χ0n) is 19.0. The first kappa shape index (κ1) is 32.1. The Kier molecular flexibility index (Phi) is 7.04. The lowest BCUT2D eigenvalue weighted by atomic mass is 9.54. The van der Waals surface area contributed by atoms with Crippen molar-refractivity contribution in [2.75, 3.05) is 14.2 Å². The molecule has 2 nitrogen and oxygen atoms in total. The van der Waals surface area contributed by atoms with E-state index >= 15 is 0 Å². The number of fused-ring (bicyclic) bond motifs is 14. The van der Waals surface area contributed by atoms with Crippen LogP contribution in [0.1, 0.15) is 23.0 Å². The first-order chi connectivity index (χ1) is 17.5. The molecular weight excluding hydrogens is 828 g/mol. The SMILES string of the molecule is COc1cc2c(cc1OC)[C@@H]1[C@@H]([C@@H]3[C@@H]2[C@@]2(Cl)C(Cl)(Cl)C(Cl)(Cl)[C@@]3(Cl)C2(Cl)Cl)[C@H]2C(Cl)(Cl)C(Cl)(Cl)[C@@]1(Cl)C2(Cl)Cl. The first-order valence-electron chi connectivity index (χ1n) is 11.1. The third-order valence-corrected chi connectivity index (χ3v) is 20.7. The summed E-state index contributed by atoms with van der Waals surface area (Å²) in [5, 5.41) is 0. The highest BCUT2D eigenvalue weighted by molar-refractivity contribution is 6.75. The maximum atomic E-state index is 7.41. The van der Waals surface area contributed by atoms with E-state index in [0.717, 1.165) is 0 Å². The van der Waals surface area contributed by atoms with Crippen molar-refractivity contribution in [3.63, 3.8) is 0 Å². The van der Waals surface area contributed by atoms with Gasteiger partial charge in [-0.05, 0) is 35.1 Å². The van der Waals surface area contributed by atoms with Gasteiger partial charge in [-0.1, -0.05) is 139 Å². The lowest BCUT2D eigenvalue weighted by molar-refractivity contribution is 0.108. The maximum Gasteiger partial charge on any atom is 0.175 e. The van der Waals surface area contributed by atoms with Crippen LogP contribution >= 0.6 is 174 Å². The molecule has 0 heterocycles. The van der Waals surface area contributed by atoms with Gasteiger partial charge in [0.25, 0.3) is 0 Å². The molecule has 4 saturated carbocycles. The Hall–Kier alpha value is 3.17. The van der Waals surface area contributed by atoms with E-state index in [1.54, 1.807) is 12.1 Å². The molecule has 218 valence electrons. The van der Waals surface area contributed by atoms with Crippen molar-refractivity contribution in [1.29, 1.82) is 0 Å². The zero-order valence-corrected chi connectivity index (χ0v) is 30.4. The zero-order chi connectivity index (χ0) is 29.5. The fourth-order valence-corrected chi connectivity index (χ4v) is 16.3. The van der Waals surface area contributed by atoms with Gasteiger partial charge >= 0.3 is 0 Å². The standard InChI is InChI=1S/C22H13Cl15O2/c1-38-7-3-5-6(4-8(7)39-2)11-12(16(25)19(30,31)15(11,24)21(34,35)22(16,36)37)9-10(5)14(23)17(26,27)13(9)18(28,29)20(14,32)33/h3-4,9-13H,1-2H3/t9-,10+,11+,12+,13+,14-,15-,16-/m0/s1. The van der Waals surface area contributed by atoms with E-state index in [4.69, 9.17) is 183 Å². The van der Waals surface area contributed by atoms with E-state index in [1.807, 2.05) is 0 Å². The third kappa shape index (κ3) is 2.84. The van der Waals surface area contributed by atoms with Crippen LogP contribution in [0.5, 0.6) is 11.5 Å². The van der Waals surface area contributed by atoms with Crippen molar-refractivity contribution in [2.24, 2.45) is 17.8 Å². The van der Waals surface area contributed by atoms with Crippen LogP contribution in [-0.4, -0.2) is 54.8 Å². The van der Waals surface area contributed by atoms with Crippen molar-refractivity contribution < 1.29 is 9.47 Å². The molecule has 0 spiro atoms. The minimum absolute atomic E-state index is 0.328. The quantitative estimate of drug-likeness (QED) is 0.276. The number of ether oxygens (including phenoxy) is 2. The van der Waals surface area contributed by atoms with E-state index in [9.17, 15) is 0 Å². The lowest BCUT2D eigenvalue weighted by Gasteiger charge is -2.60. The Balaban J connectivity index is 1.79. The van der Waals surface area contributed by atoms with Gasteiger partial charge in [-0.25, -0.2) is 0 Å². The van der Waals surface area contributed by atoms with Crippen LogP contribution in [0.4, 0.5) is 0 Å². The van der Waals surface area contributed by atoms with E-state index in [1.165, 1.54) is 14.2 Å². The molecule has 0 amide bonds. The largest absolute Gasteiger partial charge is 0.493 e. The highest BCUT2D eigenvalue weighted by atomic mass is 35.6. The van der Waals surface area contributed by atoms with Crippen LogP contribution in [0.15, 0.2) is 12.1 Å². The van der Waals surface area contributed by atoms with Gasteiger partial charge in [0.15, 0.2) is 33.2 Å². The van der Waals surface area contributed by atoms with Crippen LogP contribution < -0.4 is 9.47 Å². The van der Waals surface area contributed by atoms with Gasteiger partial charge in [0.1, 0.15) is 19.0 Å². The highest BCUT2D eigenvalue weighted by Crippen LogP contribution is 2.93. The molecule has 5 aliphatic rings. The smallest absolute Gasteiger partial charge is 0.175 e. The molecule has 8 atom stereocenters. The summed E-state index contributed by atoms with van der Waals surface area (Å²) in [4.78, 5) is -5.98. The molecule has 0 unspecified atom stereocenters. The Labute approximate surface area is 299 Å². The fourth-order valence-electron chi connectivity index (χ4n) is 8.03. The number of rotatable bonds is 2. The summed E-state index contributed by atoms with van der Waals surface area (Å²) in [6.45, 7) is 0. The molecular formula is C22H13Cl15O2. The monoisotopic (exact) mass is 834 g/mol. The van der Waals surface area contributed by atoms with E-state index in [-0.39, 0.29) is 0 Å². The fraction of sp³-hybridized carbons (Fsp3) is 0.727. The molecule has 0 radical (unpaired) electrons. The minimum Gasteiger partial charge on any atom is -0.493 e. The number of hydrogen-bond donors (Lipinski definition) is 0. The van der Waals surface area contributed by atoms with Crippen molar-refractivity contribution in [2.45, 2.75) is 52.5 Å². The summed E-state index contributed by atoms with van der Waals surface area (Å²) in [6, 6.07) is 3.35. The number of methoxy groups -OCH3 is 2. The van der Waals surface area contributed by atoms with E-state index in [2.05, 4.69) is 0 Å². The molecule has 0 N–H and O–H groups in total. The van der Waals surface area contributed by atoms with Crippen molar-refractivity contribution in [3.05, 3.63) is 23.3 Å². The molecule has 39 heavy (non-hydrogen) atoms. The summed E-state index contributed by atoms with van der Waals surface area (Å²) in [6.07, 6.45) is 0. The third-order valence-electron chi connectivity index (χ3n) is 9.48. The summed E-state index contributed by atoms with van der Waals surface area (Å²) in [5.41, 5.74) is 1.01. The second-order valence-corrected chi connectivity index (χ2v) is 20.4. The number of hydrogen-bond acceptors (Lipinski definition) is 2. The van der Waals surface area contributed by atoms with Gasteiger partial charge in [-0.3, -0.25) is 0 Å². The van der Waals surface area contributed by atoms with Crippen molar-refractivity contribution in [3.8, 4) is 11.5 Å². The molecule has 5 aliphatic carbocycles. The minimum atomic E-state index is -2.24. The molecule has 17 heteroatoms. The van der Waals surface area contributed by atoms with Gasteiger partial charge < -0.3 is 9.47 Å². The van der Waals surface area contributed by atoms with E-state index in [0.29, 0.717) is 22.6 Å². The van der Waals surface area contributed by atoms with Crippen LogP contribution in [0.2, 0.25) is 0 Å². The van der Waals surface area contributed by atoms with Gasteiger partial charge in [0, 0.05) is 17.8 Å². The molecule has 4 fully saturated rings. The second kappa shape index (κ2) is 8.55. The van der Waals surface area contributed by atoms with Crippen LogP contribution in [0.3, 0.4) is 0 Å². The summed E-state index contributed by atoms with van der Waals surface area (Å²) >= 11 is 106. The number of alkyl halides is 15. The van der Waals surface area contributed by atoms with E-state index < -0.39 is 70.2 Å². The molecule has 1 aromatic rings.